The highest BCUT2D eigenvalue weighted by molar-refractivity contribution is 7.89. The summed E-state index contributed by atoms with van der Waals surface area (Å²) in [5.74, 6) is -1.43. The average Bonchev–Trinajstić information content (AvgIpc) is 2.68. The first kappa shape index (κ1) is 23.7. The van der Waals surface area contributed by atoms with E-state index in [1.165, 1.54) is 33.2 Å². The lowest BCUT2D eigenvalue weighted by molar-refractivity contribution is -0.123. The standard InChI is InChI=1S/C20H24ClN3O5S/c1-13(19(25)22-14-6-8-15(9-7-14)23(2)3)29-20(26)17-12-16(10-11-18(17)21)30(27,28)24(4)5/h6-13H,1-5H3,(H,22,25)/t13-/m1/s1. The van der Waals surface area contributed by atoms with Gasteiger partial charge in [-0.25, -0.2) is 17.5 Å². The van der Waals surface area contributed by atoms with Crippen molar-refractivity contribution in [3.8, 4) is 0 Å². The van der Waals surface area contributed by atoms with Gasteiger partial charge in [0.15, 0.2) is 6.10 Å². The molecule has 0 saturated carbocycles. The van der Waals surface area contributed by atoms with Crippen molar-refractivity contribution in [2.45, 2.75) is 17.9 Å². The van der Waals surface area contributed by atoms with Crippen LogP contribution in [0.5, 0.6) is 0 Å². The van der Waals surface area contributed by atoms with E-state index >= 15 is 0 Å². The maximum absolute atomic E-state index is 12.5. The summed E-state index contributed by atoms with van der Waals surface area (Å²) >= 11 is 6.04. The maximum Gasteiger partial charge on any atom is 0.340 e. The minimum absolute atomic E-state index is 0.0181. The van der Waals surface area contributed by atoms with Gasteiger partial charge in [0.25, 0.3) is 5.91 Å². The topological polar surface area (TPSA) is 96.0 Å². The van der Waals surface area contributed by atoms with Crippen molar-refractivity contribution in [3.05, 3.63) is 53.1 Å². The number of hydrogen-bond donors (Lipinski definition) is 1. The van der Waals surface area contributed by atoms with E-state index in [0.717, 1.165) is 16.1 Å². The van der Waals surface area contributed by atoms with Gasteiger partial charge >= 0.3 is 5.97 Å². The quantitative estimate of drug-likeness (QED) is 0.647. The van der Waals surface area contributed by atoms with E-state index in [-0.39, 0.29) is 15.5 Å². The summed E-state index contributed by atoms with van der Waals surface area (Å²) in [6.45, 7) is 1.41. The fraction of sp³-hybridized carbons (Fsp3) is 0.300. The predicted octanol–water partition coefficient (Wildman–Crippen LogP) is 2.84. The summed E-state index contributed by atoms with van der Waals surface area (Å²) in [6.07, 6.45) is -1.13. The van der Waals surface area contributed by atoms with E-state index in [4.69, 9.17) is 16.3 Å². The third kappa shape index (κ3) is 5.50. The Morgan fingerprint density at radius 3 is 2.17 bits per heavy atom. The van der Waals surface area contributed by atoms with Crippen LogP contribution in [0.1, 0.15) is 17.3 Å². The van der Waals surface area contributed by atoms with Gasteiger partial charge in [-0.05, 0) is 49.4 Å². The molecular formula is C20H24ClN3O5S. The lowest BCUT2D eigenvalue weighted by Crippen LogP contribution is -2.30. The maximum atomic E-state index is 12.5. The highest BCUT2D eigenvalue weighted by Gasteiger charge is 2.24. The Morgan fingerprint density at radius 1 is 1.03 bits per heavy atom. The third-order valence-electron chi connectivity index (χ3n) is 4.24. The van der Waals surface area contributed by atoms with Crippen LogP contribution in [-0.4, -0.2) is 58.9 Å². The first-order valence-corrected chi connectivity index (χ1v) is 10.8. The third-order valence-corrected chi connectivity index (χ3v) is 6.38. The van der Waals surface area contributed by atoms with E-state index in [9.17, 15) is 18.0 Å². The van der Waals surface area contributed by atoms with Gasteiger partial charge in [0.05, 0.1) is 15.5 Å². The number of nitrogens with one attached hydrogen (secondary N) is 1. The Labute approximate surface area is 181 Å². The molecule has 30 heavy (non-hydrogen) atoms. The van der Waals surface area contributed by atoms with Crippen LogP contribution in [0, 0.1) is 0 Å². The number of amides is 1. The zero-order chi connectivity index (χ0) is 22.6. The molecule has 0 heterocycles. The van der Waals surface area contributed by atoms with Crippen molar-refractivity contribution in [2.75, 3.05) is 38.4 Å². The second-order valence-electron chi connectivity index (χ2n) is 6.91. The number of nitrogens with zero attached hydrogens (tertiary/aromatic N) is 2. The predicted molar refractivity (Wildman–Crippen MR) is 117 cm³/mol. The number of hydrogen-bond acceptors (Lipinski definition) is 6. The van der Waals surface area contributed by atoms with Crippen molar-refractivity contribution >= 4 is 44.9 Å². The van der Waals surface area contributed by atoms with Crippen LogP contribution < -0.4 is 10.2 Å². The van der Waals surface area contributed by atoms with Crippen LogP contribution in [0.15, 0.2) is 47.4 Å². The zero-order valence-electron chi connectivity index (χ0n) is 17.3. The van der Waals surface area contributed by atoms with Crippen LogP contribution in [0.2, 0.25) is 5.02 Å². The molecule has 0 fully saturated rings. The number of esters is 1. The summed E-state index contributed by atoms with van der Waals surface area (Å²) in [6, 6.07) is 10.9. The van der Waals surface area contributed by atoms with Crippen LogP contribution in [-0.2, 0) is 19.6 Å². The summed E-state index contributed by atoms with van der Waals surface area (Å²) in [7, 11) is 2.79. The summed E-state index contributed by atoms with van der Waals surface area (Å²) in [5, 5.41) is 2.68. The fourth-order valence-electron chi connectivity index (χ4n) is 2.40. The molecule has 0 saturated heterocycles. The Balaban J connectivity index is 2.12. The number of sulfonamides is 1. The Morgan fingerprint density at radius 2 is 1.63 bits per heavy atom. The van der Waals surface area contributed by atoms with Gasteiger partial charge in [-0.15, -0.1) is 0 Å². The van der Waals surface area contributed by atoms with Crippen LogP contribution >= 0.6 is 11.6 Å². The number of rotatable bonds is 7. The van der Waals surface area contributed by atoms with Gasteiger partial charge in [-0.1, -0.05) is 11.6 Å². The molecule has 0 aromatic heterocycles. The second-order valence-corrected chi connectivity index (χ2v) is 9.47. The highest BCUT2D eigenvalue weighted by atomic mass is 35.5. The van der Waals surface area contributed by atoms with Gasteiger partial charge in [0.2, 0.25) is 10.0 Å². The van der Waals surface area contributed by atoms with E-state index in [1.807, 2.05) is 31.1 Å². The smallest absolute Gasteiger partial charge is 0.340 e. The first-order valence-electron chi connectivity index (χ1n) is 8.94. The summed E-state index contributed by atoms with van der Waals surface area (Å²) in [5.41, 5.74) is 1.37. The SMILES string of the molecule is C[C@@H](OC(=O)c1cc(S(=O)(=O)N(C)C)ccc1Cl)C(=O)Nc1ccc(N(C)C)cc1. The number of carbonyl (C=O) groups is 2. The molecule has 1 N–H and O–H groups in total. The van der Waals surface area contributed by atoms with Gasteiger partial charge in [0.1, 0.15) is 0 Å². The molecule has 8 nitrogen and oxygen atoms in total. The number of carbonyl (C=O) groups excluding carboxylic acids is 2. The fourth-order valence-corrected chi connectivity index (χ4v) is 3.52. The summed E-state index contributed by atoms with van der Waals surface area (Å²) in [4.78, 5) is 26.7. The largest absolute Gasteiger partial charge is 0.449 e. The van der Waals surface area contributed by atoms with Crippen LogP contribution in [0.4, 0.5) is 11.4 Å². The van der Waals surface area contributed by atoms with Crippen molar-refractivity contribution in [3.63, 3.8) is 0 Å². The second kappa shape index (κ2) is 9.46. The molecule has 0 unspecified atom stereocenters. The highest BCUT2D eigenvalue weighted by Crippen LogP contribution is 2.23. The van der Waals surface area contributed by atoms with Crippen molar-refractivity contribution in [1.29, 1.82) is 0 Å². The Kier molecular flexibility index (Phi) is 7.46. The van der Waals surface area contributed by atoms with E-state index in [2.05, 4.69) is 5.32 Å². The molecule has 0 radical (unpaired) electrons. The Bertz CT molecular complexity index is 1040. The molecule has 2 aromatic carbocycles. The zero-order valence-corrected chi connectivity index (χ0v) is 18.9. The molecule has 162 valence electrons. The van der Waals surface area contributed by atoms with Gasteiger partial charge in [0, 0.05) is 39.6 Å². The van der Waals surface area contributed by atoms with Crippen molar-refractivity contribution in [2.24, 2.45) is 0 Å². The van der Waals surface area contributed by atoms with Gasteiger partial charge in [-0.2, -0.15) is 0 Å². The molecule has 2 rings (SSSR count). The number of ether oxygens (including phenoxy) is 1. The lowest BCUT2D eigenvalue weighted by Gasteiger charge is -2.16. The first-order chi connectivity index (χ1) is 13.9. The van der Waals surface area contributed by atoms with Crippen LogP contribution in [0.25, 0.3) is 0 Å². The molecule has 0 aliphatic carbocycles. The molecule has 0 aliphatic heterocycles. The monoisotopic (exact) mass is 453 g/mol. The van der Waals surface area contributed by atoms with Gasteiger partial charge in [-0.3, -0.25) is 4.79 Å². The van der Waals surface area contributed by atoms with E-state index in [1.54, 1.807) is 12.1 Å². The normalized spacial score (nSPS) is 12.4. The molecule has 1 atom stereocenters. The molecule has 1 amide bonds. The van der Waals surface area contributed by atoms with Crippen molar-refractivity contribution < 1.29 is 22.7 Å². The average molecular weight is 454 g/mol. The van der Waals surface area contributed by atoms with Crippen LogP contribution in [0.3, 0.4) is 0 Å². The molecule has 0 aliphatic rings. The van der Waals surface area contributed by atoms with Crippen molar-refractivity contribution in [1.82, 2.24) is 4.31 Å². The molecule has 2 aromatic rings. The summed E-state index contributed by atoms with van der Waals surface area (Å²) < 4.78 is 30.8. The van der Waals surface area contributed by atoms with E-state index < -0.39 is 28.0 Å². The molecule has 0 spiro atoms. The van der Waals surface area contributed by atoms with E-state index in [0.29, 0.717) is 5.69 Å². The molecular weight excluding hydrogens is 430 g/mol. The lowest BCUT2D eigenvalue weighted by atomic mass is 10.2. The van der Waals surface area contributed by atoms with Gasteiger partial charge < -0.3 is 15.0 Å². The Hall–Kier alpha value is -2.62. The number of halogens is 1. The minimum atomic E-state index is -3.76. The molecule has 10 heteroatoms. The molecule has 0 bridgehead atoms. The minimum Gasteiger partial charge on any atom is -0.449 e. The number of anilines is 2. The number of benzene rings is 2.